The average Bonchev–Trinajstić information content (AvgIpc) is 2.41. The highest BCUT2D eigenvalue weighted by molar-refractivity contribution is 5.85. The number of phenols is 1. The molecule has 19 heavy (non-hydrogen) atoms. The van der Waals surface area contributed by atoms with Gasteiger partial charge in [0.2, 0.25) is 0 Å². The van der Waals surface area contributed by atoms with Crippen LogP contribution in [-0.4, -0.2) is 18.7 Å². The molecule has 2 aromatic carbocycles. The van der Waals surface area contributed by atoms with E-state index in [1.165, 1.54) is 16.8 Å². The van der Waals surface area contributed by atoms with Crippen molar-refractivity contribution in [2.45, 2.75) is 12.3 Å². The highest BCUT2D eigenvalue weighted by Crippen LogP contribution is 2.38. The number of para-hydroxylation sites is 1. The lowest BCUT2D eigenvalue weighted by Crippen LogP contribution is -2.27. The van der Waals surface area contributed by atoms with E-state index in [0.717, 1.165) is 13.0 Å². The third-order valence-electron chi connectivity index (χ3n) is 3.77. The Morgan fingerprint density at radius 2 is 1.74 bits per heavy atom. The van der Waals surface area contributed by atoms with Gasteiger partial charge in [0.25, 0.3) is 0 Å². The van der Waals surface area contributed by atoms with E-state index in [1.807, 2.05) is 12.1 Å². The molecule has 1 aliphatic rings. The van der Waals surface area contributed by atoms with Crippen molar-refractivity contribution in [1.29, 1.82) is 0 Å². The molecule has 0 spiro atoms. The molecule has 1 aliphatic heterocycles. The lowest BCUT2D eigenvalue weighted by atomic mass is 9.84. The molecule has 1 unspecified atom stereocenters. The molecule has 2 nitrogen and oxygen atoms in total. The van der Waals surface area contributed by atoms with Gasteiger partial charge in [-0.15, -0.1) is 12.4 Å². The average molecular weight is 276 g/mol. The second-order valence-corrected chi connectivity index (χ2v) is 4.91. The zero-order valence-corrected chi connectivity index (χ0v) is 11.7. The van der Waals surface area contributed by atoms with Crippen LogP contribution in [0.1, 0.15) is 23.5 Å². The second kappa shape index (κ2) is 5.54. The molecule has 0 saturated carbocycles. The summed E-state index contributed by atoms with van der Waals surface area (Å²) >= 11 is 0. The molecule has 100 valence electrons. The van der Waals surface area contributed by atoms with Crippen LogP contribution >= 0.6 is 12.4 Å². The van der Waals surface area contributed by atoms with E-state index >= 15 is 0 Å². The topological polar surface area (TPSA) is 23.5 Å². The maximum atomic E-state index is 9.38. The highest BCUT2D eigenvalue weighted by atomic mass is 35.5. The van der Waals surface area contributed by atoms with Crippen molar-refractivity contribution in [3.63, 3.8) is 0 Å². The van der Waals surface area contributed by atoms with Gasteiger partial charge in [-0.2, -0.15) is 0 Å². The number of hydrogen-bond donors (Lipinski definition) is 1. The fourth-order valence-electron chi connectivity index (χ4n) is 2.78. The van der Waals surface area contributed by atoms with Crippen LogP contribution in [0.4, 0.5) is 5.69 Å². The number of halogens is 1. The van der Waals surface area contributed by atoms with Gasteiger partial charge in [0.05, 0.1) is 0 Å². The zero-order chi connectivity index (χ0) is 12.5. The number of hydrogen-bond acceptors (Lipinski definition) is 2. The first-order chi connectivity index (χ1) is 8.75. The van der Waals surface area contributed by atoms with Gasteiger partial charge in [-0.1, -0.05) is 30.3 Å². The SMILES string of the molecule is CN1CCC(c2ccc(O)cc2)c2ccccc21.Cl. The molecule has 0 fully saturated rings. The summed E-state index contributed by atoms with van der Waals surface area (Å²) < 4.78 is 0. The molecule has 0 radical (unpaired) electrons. The fraction of sp³-hybridized carbons (Fsp3) is 0.250. The molecular formula is C16H18ClNO. The molecule has 0 bridgehead atoms. The van der Waals surface area contributed by atoms with Gasteiger partial charge >= 0.3 is 0 Å². The van der Waals surface area contributed by atoms with E-state index in [-0.39, 0.29) is 12.4 Å². The van der Waals surface area contributed by atoms with Crippen molar-refractivity contribution in [1.82, 2.24) is 0 Å². The molecule has 2 aromatic rings. The van der Waals surface area contributed by atoms with Crippen LogP contribution in [0.25, 0.3) is 0 Å². The van der Waals surface area contributed by atoms with E-state index < -0.39 is 0 Å². The summed E-state index contributed by atoms with van der Waals surface area (Å²) in [5.74, 6) is 0.776. The normalized spacial score (nSPS) is 17.5. The van der Waals surface area contributed by atoms with Gasteiger partial charge in [0, 0.05) is 25.2 Å². The van der Waals surface area contributed by atoms with Gasteiger partial charge in [0.1, 0.15) is 5.75 Å². The Hall–Kier alpha value is -1.67. The lowest BCUT2D eigenvalue weighted by Gasteiger charge is -2.33. The van der Waals surface area contributed by atoms with Gasteiger partial charge < -0.3 is 10.0 Å². The predicted octanol–water partition coefficient (Wildman–Crippen LogP) is 3.79. The highest BCUT2D eigenvalue weighted by Gasteiger charge is 2.23. The number of benzene rings is 2. The van der Waals surface area contributed by atoms with Crippen LogP contribution in [0, 0.1) is 0 Å². The molecule has 3 rings (SSSR count). The van der Waals surface area contributed by atoms with Crippen molar-refractivity contribution in [3.8, 4) is 5.75 Å². The summed E-state index contributed by atoms with van der Waals surface area (Å²) in [6, 6.07) is 16.2. The molecule has 0 aliphatic carbocycles. The van der Waals surface area contributed by atoms with Crippen molar-refractivity contribution >= 4 is 18.1 Å². The Morgan fingerprint density at radius 1 is 1.05 bits per heavy atom. The standard InChI is InChI=1S/C16H17NO.ClH/c1-17-11-10-14(12-6-8-13(18)9-7-12)15-4-2-3-5-16(15)17;/h2-9,14,18H,10-11H2,1H3;1H. The third-order valence-corrected chi connectivity index (χ3v) is 3.77. The number of phenolic OH excluding ortho intramolecular Hbond substituents is 1. The van der Waals surface area contributed by atoms with E-state index in [1.54, 1.807) is 12.1 Å². The quantitative estimate of drug-likeness (QED) is 0.856. The molecular weight excluding hydrogens is 258 g/mol. The smallest absolute Gasteiger partial charge is 0.115 e. The molecule has 0 amide bonds. The van der Waals surface area contributed by atoms with E-state index in [2.05, 4.69) is 36.2 Å². The molecule has 1 heterocycles. The first-order valence-electron chi connectivity index (χ1n) is 6.34. The maximum Gasteiger partial charge on any atom is 0.115 e. The number of anilines is 1. The number of aromatic hydroxyl groups is 1. The summed E-state index contributed by atoms with van der Waals surface area (Å²) in [6.07, 6.45) is 1.12. The summed E-state index contributed by atoms with van der Waals surface area (Å²) in [6.45, 7) is 1.07. The van der Waals surface area contributed by atoms with Crippen LogP contribution in [-0.2, 0) is 0 Å². The van der Waals surface area contributed by atoms with Gasteiger partial charge in [0.15, 0.2) is 0 Å². The molecule has 3 heteroatoms. The van der Waals surface area contributed by atoms with E-state index in [4.69, 9.17) is 0 Å². The Kier molecular flexibility index (Phi) is 4.01. The van der Waals surface area contributed by atoms with Crippen molar-refractivity contribution in [3.05, 3.63) is 59.7 Å². The fourth-order valence-corrected chi connectivity index (χ4v) is 2.78. The Balaban J connectivity index is 0.00000133. The van der Waals surface area contributed by atoms with Crippen LogP contribution in [0.5, 0.6) is 5.75 Å². The minimum atomic E-state index is 0. The summed E-state index contributed by atoms with van der Waals surface area (Å²) in [7, 11) is 2.14. The van der Waals surface area contributed by atoms with Gasteiger partial charge in [-0.05, 0) is 35.7 Å². The number of nitrogens with zero attached hydrogens (tertiary/aromatic N) is 1. The largest absolute Gasteiger partial charge is 0.508 e. The van der Waals surface area contributed by atoms with Crippen molar-refractivity contribution in [2.75, 3.05) is 18.5 Å². The summed E-state index contributed by atoms with van der Waals surface area (Å²) in [5, 5.41) is 9.38. The predicted molar refractivity (Wildman–Crippen MR) is 81.5 cm³/mol. The van der Waals surface area contributed by atoms with E-state index in [9.17, 15) is 5.11 Å². The van der Waals surface area contributed by atoms with Crippen LogP contribution in [0.3, 0.4) is 0 Å². The third kappa shape index (κ3) is 2.54. The summed E-state index contributed by atoms with van der Waals surface area (Å²) in [4.78, 5) is 2.31. The van der Waals surface area contributed by atoms with Crippen molar-refractivity contribution in [2.24, 2.45) is 0 Å². The van der Waals surface area contributed by atoms with Crippen LogP contribution in [0.15, 0.2) is 48.5 Å². The molecule has 1 N–H and O–H groups in total. The Bertz CT molecular complexity index is 553. The van der Waals surface area contributed by atoms with Crippen molar-refractivity contribution < 1.29 is 5.11 Å². The summed E-state index contributed by atoms with van der Waals surface area (Å²) in [5.41, 5.74) is 3.99. The first-order valence-corrected chi connectivity index (χ1v) is 6.34. The minimum absolute atomic E-state index is 0. The molecule has 1 atom stereocenters. The van der Waals surface area contributed by atoms with Crippen LogP contribution in [0.2, 0.25) is 0 Å². The Morgan fingerprint density at radius 3 is 2.47 bits per heavy atom. The maximum absolute atomic E-state index is 9.38. The Labute approximate surface area is 120 Å². The molecule has 0 aromatic heterocycles. The minimum Gasteiger partial charge on any atom is -0.508 e. The second-order valence-electron chi connectivity index (χ2n) is 4.91. The number of fused-ring (bicyclic) bond motifs is 1. The molecule has 0 saturated heterocycles. The van der Waals surface area contributed by atoms with E-state index in [0.29, 0.717) is 11.7 Å². The van der Waals surface area contributed by atoms with Gasteiger partial charge in [-0.3, -0.25) is 0 Å². The first kappa shape index (κ1) is 13.8. The van der Waals surface area contributed by atoms with Gasteiger partial charge in [-0.25, -0.2) is 0 Å². The van der Waals surface area contributed by atoms with Crippen LogP contribution < -0.4 is 4.90 Å². The lowest BCUT2D eigenvalue weighted by molar-refractivity contribution is 0.475. The monoisotopic (exact) mass is 275 g/mol. The zero-order valence-electron chi connectivity index (χ0n) is 10.9. The number of rotatable bonds is 1.